The second kappa shape index (κ2) is 14.4. The summed E-state index contributed by atoms with van der Waals surface area (Å²) < 4.78 is 25.9. The number of methoxy groups -OCH3 is 4. The van der Waals surface area contributed by atoms with Gasteiger partial charge < -0.3 is 33.9 Å². The molecule has 2 aromatic rings. The fourth-order valence-electron chi connectivity index (χ4n) is 3.22. The van der Waals surface area contributed by atoms with Crippen molar-refractivity contribution in [2.75, 3.05) is 35.2 Å². The molecule has 8 nitrogen and oxygen atoms in total. The summed E-state index contributed by atoms with van der Waals surface area (Å²) in [6.07, 6.45) is 5.96. The van der Waals surface area contributed by atoms with Gasteiger partial charge in [-0.25, -0.2) is 0 Å². The summed E-state index contributed by atoms with van der Waals surface area (Å²) in [5, 5.41) is 20.3. The first kappa shape index (κ1) is 28.2. The normalized spacial score (nSPS) is 11.9. The van der Waals surface area contributed by atoms with E-state index in [0.29, 0.717) is 33.9 Å². The molecule has 0 aliphatic carbocycles. The quantitative estimate of drug-likeness (QED) is 0.166. The third-order valence-electron chi connectivity index (χ3n) is 5.10. The van der Waals surface area contributed by atoms with Crippen LogP contribution in [-0.2, 0) is 20.9 Å². The van der Waals surface area contributed by atoms with E-state index in [1.165, 1.54) is 33.5 Å². The van der Waals surface area contributed by atoms with E-state index in [1.54, 1.807) is 55.7 Å². The zero-order valence-electron chi connectivity index (χ0n) is 20.9. The van der Waals surface area contributed by atoms with Crippen LogP contribution in [0.25, 0.3) is 12.2 Å². The molecule has 2 aromatic carbocycles. The predicted octanol–water partition coefficient (Wildman–Crippen LogP) is 4.84. The van der Waals surface area contributed by atoms with Gasteiger partial charge in [-0.05, 0) is 47.5 Å². The van der Waals surface area contributed by atoms with E-state index in [4.69, 9.17) is 23.7 Å². The number of hydrogen-bond donors (Lipinski definition) is 2. The third kappa shape index (κ3) is 8.04. The van der Waals surface area contributed by atoms with Gasteiger partial charge in [-0.1, -0.05) is 30.9 Å². The summed E-state index contributed by atoms with van der Waals surface area (Å²) in [5.74, 6) is 1.22. The molecule has 36 heavy (non-hydrogen) atoms. The Morgan fingerprint density at radius 3 is 2.11 bits per heavy atom. The number of ether oxygens (including phenoxy) is 5. The molecule has 0 saturated heterocycles. The van der Waals surface area contributed by atoms with Crippen LogP contribution in [0.3, 0.4) is 0 Å². The van der Waals surface area contributed by atoms with Crippen molar-refractivity contribution < 1.29 is 38.7 Å². The minimum absolute atomic E-state index is 0.0286. The molecular formula is C28H32O8. The molecule has 0 spiro atoms. The van der Waals surface area contributed by atoms with Crippen LogP contribution < -0.4 is 14.2 Å². The molecule has 0 aromatic heterocycles. The molecule has 0 atom stereocenters. The maximum absolute atomic E-state index is 13.1. The minimum Gasteiger partial charge on any atom is -0.508 e. The average molecular weight is 497 g/mol. The van der Waals surface area contributed by atoms with E-state index in [1.807, 2.05) is 0 Å². The van der Waals surface area contributed by atoms with Gasteiger partial charge in [0.25, 0.3) is 0 Å². The van der Waals surface area contributed by atoms with Gasteiger partial charge in [0.15, 0.2) is 24.1 Å². The number of carbonyl (C=O) groups is 1. The van der Waals surface area contributed by atoms with E-state index in [9.17, 15) is 15.0 Å². The first-order chi connectivity index (χ1) is 17.4. The first-order valence-electron chi connectivity index (χ1n) is 11.0. The summed E-state index contributed by atoms with van der Waals surface area (Å²) in [7, 11) is 6.06. The van der Waals surface area contributed by atoms with Crippen LogP contribution >= 0.6 is 0 Å². The lowest BCUT2D eigenvalue weighted by molar-refractivity contribution is -0.111. The van der Waals surface area contributed by atoms with Crippen LogP contribution in [-0.4, -0.2) is 51.2 Å². The molecule has 2 N–H and O–H groups in total. The summed E-state index contributed by atoms with van der Waals surface area (Å²) in [6.45, 7) is 3.56. The molecule has 0 bridgehead atoms. The molecule has 0 unspecified atom stereocenters. The van der Waals surface area contributed by atoms with Crippen molar-refractivity contribution in [2.24, 2.45) is 0 Å². The highest BCUT2D eigenvalue weighted by atomic mass is 16.7. The Bertz CT molecular complexity index is 1140. The molecule has 0 heterocycles. The van der Waals surface area contributed by atoms with Gasteiger partial charge in [0.1, 0.15) is 11.5 Å². The molecule has 0 aliphatic heterocycles. The molecule has 0 saturated carbocycles. The lowest BCUT2D eigenvalue weighted by Gasteiger charge is -2.11. The molecule has 0 amide bonds. The van der Waals surface area contributed by atoms with E-state index in [2.05, 4.69) is 6.58 Å². The maximum atomic E-state index is 13.1. The van der Waals surface area contributed by atoms with Crippen molar-refractivity contribution >= 4 is 17.9 Å². The summed E-state index contributed by atoms with van der Waals surface area (Å²) in [4.78, 5) is 13.1. The Hall–Kier alpha value is -4.01. The Morgan fingerprint density at radius 1 is 0.889 bits per heavy atom. The average Bonchev–Trinajstić information content (AvgIpc) is 2.91. The SMILES string of the molecule is C=C(C/C(C(=O)/C=C/c1ccc(OC)c(OC)c1)=C(O)\C=C\c1ccc(OC)c(CO)c1)OCOC. The highest BCUT2D eigenvalue weighted by molar-refractivity contribution is 6.07. The van der Waals surface area contributed by atoms with Crippen LogP contribution in [0, 0.1) is 0 Å². The van der Waals surface area contributed by atoms with Crippen LogP contribution in [0.1, 0.15) is 23.1 Å². The number of aliphatic hydroxyl groups is 2. The second-order valence-electron chi connectivity index (χ2n) is 7.50. The number of ketones is 1. The maximum Gasteiger partial charge on any atom is 0.188 e. The lowest BCUT2D eigenvalue weighted by atomic mass is 10.0. The largest absolute Gasteiger partial charge is 0.508 e. The molecule has 192 valence electrons. The van der Waals surface area contributed by atoms with E-state index in [-0.39, 0.29) is 36.9 Å². The fourth-order valence-corrected chi connectivity index (χ4v) is 3.22. The minimum atomic E-state index is -0.431. The van der Waals surface area contributed by atoms with Gasteiger partial charge in [0, 0.05) is 24.7 Å². The fraction of sp³-hybridized carbons (Fsp3) is 0.250. The van der Waals surface area contributed by atoms with Crippen LogP contribution in [0.2, 0.25) is 0 Å². The van der Waals surface area contributed by atoms with Gasteiger partial charge in [-0.3, -0.25) is 4.79 Å². The second-order valence-corrected chi connectivity index (χ2v) is 7.50. The van der Waals surface area contributed by atoms with Crippen LogP contribution in [0.4, 0.5) is 0 Å². The van der Waals surface area contributed by atoms with Crippen LogP contribution in [0.15, 0.2) is 72.2 Å². The zero-order chi connectivity index (χ0) is 26.5. The van der Waals surface area contributed by atoms with Gasteiger partial charge >= 0.3 is 0 Å². The Balaban J connectivity index is 2.35. The van der Waals surface area contributed by atoms with Crippen molar-refractivity contribution in [2.45, 2.75) is 13.0 Å². The highest BCUT2D eigenvalue weighted by Crippen LogP contribution is 2.28. The van der Waals surface area contributed by atoms with Gasteiger partial charge in [0.05, 0.1) is 33.7 Å². The number of hydrogen-bond acceptors (Lipinski definition) is 8. The molecule has 0 aliphatic rings. The van der Waals surface area contributed by atoms with Crippen molar-refractivity contribution in [3.05, 3.63) is 88.9 Å². The summed E-state index contributed by atoms with van der Waals surface area (Å²) >= 11 is 0. The van der Waals surface area contributed by atoms with Crippen molar-refractivity contribution in [1.82, 2.24) is 0 Å². The summed E-state index contributed by atoms with van der Waals surface area (Å²) in [5.41, 5.74) is 2.09. The Morgan fingerprint density at radius 2 is 1.50 bits per heavy atom. The molecule has 0 fully saturated rings. The van der Waals surface area contributed by atoms with Gasteiger partial charge in [-0.2, -0.15) is 0 Å². The van der Waals surface area contributed by atoms with Gasteiger partial charge in [0.2, 0.25) is 0 Å². The molecule has 0 radical (unpaired) electrons. The lowest BCUT2D eigenvalue weighted by Crippen LogP contribution is -2.06. The predicted molar refractivity (Wildman–Crippen MR) is 138 cm³/mol. The topological polar surface area (TPSA) is 104 Å². The third-order valence-corrected chi connectivity index (χ3v) is 5.10. The zero-order valence-corrected chi connectivity index (χ0v) is 20.9. The number of carbonyl (C=O) groups excluding carboxylic acids is 1. The van der Waals surface area contributed by atoms with Gasteiger partial charge in [-0.15, -0.1) is 0 Å². The number of rotatable bonds is 14. The van der Waals surface area contributed by atoms with Crippen molar-refractivity contribution in [3.63, 3.8) is 0 Å². The summed E-state index contributed by atoms with van der Waals surface area (Å²) in [6, 6.07) is 10.4. The molecule has 2 rings (SSSR count). The molecular weight excluding hydrogens is 464 g/mol. The standard InChI is InChI=1S/C28H32O8/c1-19(36-18-32-2)14-23(24(30)10-6-20-8-12-26(33-3)22(15-20)17-29)25(31)11-7-21-9-13-27(34-4)28(16-21)35-5/h6-13,15-16,29-30H,1,14,17-18H2,2-5H3/b10-6+,11-7+,24-23-. The van der Waals surface area contributed by atoms with E-state index < -0.39 is 5.78 Å². The number of benzene rings is 2. The Kier molecular flexibility index (Phi) is 11.3. The Labute approximate surface area is 211 Å². The van der Waals surface area contributed by atoms with Crippen LogP contribution in [0.5, 0.6) is 17.2 Å². The monoisotopic (exact) mass is 496 g/mol. The van der Waals surface area contributed by atoms with Crippen molar-refractivity contribution in [3.8, 4) is 17.2 Å². The van der Waals surface area contributed by atoms with E-state index >= 15 is 0 Å². The van der Waals surface area contributed by atoms with Crippen molar-refractivity contribution in [1.29, 1.82) is 0 Å². The van der Waals surface area contributed by atoms with E-state index in [0.717, 1.165) is 0 Å². The number of allylic oxidation sites excluding steroid dienone is 3. The first-order valence-corrected chi connectivity index (χ1v) is 11.0. The number of aliphatic hydroxyl groups excluding tert-OH is 2. The highest BCUT2D eigenvalue weighted by Gasteiger charge is 2.15. The molecule has 8 heteroatoms. The smallest absolute Gasteiger partial charge is 0.188 e.